The van der Waals surface area contributed by atoms with Crippen molar-refractivity contribution >= 4 is 40.5 Å². The molecule has 194 valence electrons. The fourth-order valence-corrected chi connectivity index (χ4v) is 4.15. The van der Waals surface area contributed by atoms with Crippen LogP contribution in [0, 0.1) is 10.1 Å². The van der Waals surface area contributed by atoms with Crippen LogP contribution < -0.4 is 19.1 Å². The van der Waals surface area contributed by atoms with Gasteiger partial charge >= 0.3 is 0 Å². The van der Waals surface area contributed by atoms with Gasteiger partial charge in [0.1, 0.15) is 17.2 Å². The van der Waals surface area contributed by atoms with Crippen molar-refractivity contribution in [3.8, 4) is 28.5 Å². The molecule has 0 radical (unpaired) electrons. The molecule has 1 heterocycles. The molecule has 12 heteroatoms. The van der Waals surface area contributed by atoms with E-state index in [4.69, 9.17) is 19.2 Å². The van der Waals surface area contributed by atoms with E-state index in [1.807, 2.05) is 42.6 Å². The van der Waals surface area contributed by atoms with Gasteiger partial charge in [-0.1, -0.05) is 0 Å². The molecule has 0 aliphatic rings. The minimum absolute atomic E-state index is 0. The third-order valence-electron chi connectivity index (χ3n) is 5.10. The van der Waals surface area contributed by atoms with Crippen LogP contribution in [-0.4, -0.2) is 68.7 Å². The van der Waals surface area contributed by atoms with Crippen LogP contribution in [0.4, 0.5) is 10.8 Å². The Hall–Kier alpha value is -3.41. The molecule has 36 heavy (non-hydrogen) atoms. The Balaban J connectivity index is 0.00000456. The first kappa shape index (κ1) is 28.8. The number of amides is 1. The Kier molecular flexibility index (Phi) is 10.9. The van der Waals surface area contributed by atoms with Gasteiger partial charge < -0.3 is 19.1 Å². The second-order valence-corrected chi connectivity index (χ2v) is 8.66. The summed E-state index contributed by atoms with van der Waals surface area (Å²) >= 11 is 1.35. The quantitative estimate of drug-likeness (QED) is 0.245. The summed E-state index contributed by atoms with van der Waals surface area (Å²) in [6.45, 7) is 1.04. The molecular formula is C24H29ClN4O6S. The van der Waals surface area contributed by atoms with Gasteiger partial charge in [-0.2, -0.15) is 0 Å². The Labute approximate surface area is 220 Å². The minimum atomic E-state index is -0.487. The number of anilines is 1. The number of carbonyl (C=O) groups excluding carboxylic acids is 1. The van der Waals surface area contributed by atoms with Gasteiger partial charge in [0.05, 0.1) is 24.8 Å². The van der Waals surface area contributed by atoms with Crippen LogP contribution in [0.3, 0.4) is 0 Å². The molecule has 0 spiro atoms. The molecule has 0 saturated carbocycles. The first-order chi connectivity index (χ1) is 16.8. The number of thiazole rings is 1. The molecule has 0 fully saturated rings. The molecule has 3 rings (SSSR count). The molecule has 3 aromatic rings. The van der Waals surface area contributed by atoms with Crippen molar-refractivity contribution < 1.29 is 23.9 Å². The van der Waals surface area contributed by atoms with Gasteiger partial charge in [0.15, 0.2) is 11.7 Å². The van der Waals surface area contributed by atoms with E-state index in [0.29, 0.717) is 34.6 Å². The molecule has 0 aliphatic carbocycles. The van der Waals surface area contributed by atoms with Gasteiger partial charge in [-0.15, -0.1) is 23.7 Å². The summed E-state index contributed by atoms with van der Waals surface area (Å²) in [5.41, 5.74) is 1.39. The lowest BCUT2D eigenvalue weighted by molar-refractivity contribution is -0.384. The van der Waals surface area contributed by atoms with Crippen LogP contribution >= 0.6 is 23.7 Å². The zero-order valence-corrected chi connectivity index (χ0v) is 22.1. The van der Waals surface area contributed by atoms with E-state index < -0.39 is 4.92 Å². The highest BCUT2D eigenvalue weighted by atomic mass is 35.5. The third kappa shape index (κ3) is 7.54. The highest BCUT2D eigenvalue weighted by molar-refractivity contribution is 7.14. The summed E-state index contributed by atoms with van der Waals surface area (Å²) in [5, 5.41) is 13.2. The average molecular weight is 537 g/mol. The maximum absolute atomic E-state index is 13.1. The average Bonchev–Trinajstić information content (AvgIpc) is 3.34. The first-order valence-electron chi connectivity index (χ1n) is 10.8. The van der Waals surface area contributed by atoms with Crippen LogP contribution in [0.2, 0.25) is 0 Å². The fraction of sp³-hybridized carbons (Fsp3) is 0.333. The second-order valence-electron chi connectivity index (χ2n) is 7.82. The molecule has 10 nitrogen and oxygen atoms in total. The summed E-state index contributed by atoms with van der Waals surface area (Å²) in [6, 6.07) is 11.1. The van der Waals surface area contributed by atoms with Gasteiger partial charge in [-0.05, 0) is 57.4 Å². The summed E-state index contributed by atoms with van der Waals surface area (Å²) in [5.74, 6) is 1.43. The number of ether oxygens (including phenoxy) is 3. The lowest BCUT2D eigenvalue weighted by atomic mass is 10.1. The Morgan fingerprint density at radius 3 is 2.36 bits per heavy atom. The Morgan fingerprint density at radius 1 is 1.06 bits per heavy atom. The zero-order chi connectivity index (χ0) is 25.4. The molecule has 2 aromatic carbocycles. The molecule has 0 N–H and O–H groups in total. The standard InChI is InChI=1S/C24H28N4O6S.ClH/c1-26(2)12-5-13-27(23(29)15-34-18-8-6-17(7-9-18)28(30)31)24-25-21(16-35-24)20-14-19(32-3)10-11-22(20)33-4;/h6-11,14,16H,5,12-13,15H2,1-4H3;1H. The van der Waals surface area contributed by atoms with E-state index in [1.54, 1.807) is 19.1 Å². The molecule has 1 aromatic heterocycles. The number of nitro groups is 1. The van der Waals surface area contributed by atoms with E-state index in [2.05, 4.69) is 0 Å². The van der Waals surface area contributed by atoms with Crippen LogP contribution in [0.1, 0.15) is 6.42 Å². The molecule has 0 aliphatic heterocycles. The lowest BCUT2D eigenvalue weighted by Gasteiger charge is -2.21. The Bertz CT molecular complexity index is 1160. The maximum atomic E-state index is 13.1. The topological polar surface area (TPSA) is 107 Å². The number of halogens is 1. The summed E-state index contributed by atoms with van der Waals surface area (Å²) < 4.78 is 16.4. The van der Waals surface area contributed by atoms with Gasteiger partial charge in [0.25, 0.3) is 11.6 Å². The van der Waals surface area contributed by atoms with Crippen LogP contribution in [0.5, 0.6) is 17.2 Å². The van der Waals surface area contributed by atoms with Crippen molar-refractivity contribution in [1.29, 1.82) is 0 Å². The molecule has 0 bridgehead atoms. The molecular weight excluding hydrogens is 508 g/mol. The zero-order valence-electron chi connectivity index (χ0n) is 20.5. The molecule has 0 unspecified atom stereocenters. The van der Waals surface area contributed by atoms with Gasteiger partial charge in [0.2, 0.25) is 0 Å². The maximum Gasteiger partial charge on any atom is 0.269 e. The van der Waals surface area contributed by atoms with Crippen molar-refractivity contribution in [2.45, 2.75) is 6.42 Å². The van der Waals surface area contributed by atoms with Crippen LogP contribution in [0.25, 0.3) is 11.3 Å². The van der Waals surface area contributed by atoms with E-state index in [-0.39, 0.29) is 30.6 Å². The van der Waals surface area contributed by atoms with Gasteiger partial charge in [-0.3, -0.25) is 19.8 Å². The largest absolute Gasteiger partial charge is 0.497 e. The predicted octanol–water partition coefficient (Wildman–Crippen LogP) is 4.52. The molecule has 0 atom stereocenters. The fourth-order valence-electron chi connectivity index (χ4n) is 3.29. The highest BCUT2D eigenvalue weighted by Gasteiger charge is 2.21. The number of aromatic nitrogens is 1. The van der Waals surface area contributed by atoms with Crippen molar-refractivity contribution in [2.75, 3.05) is 52.9 Å². The van der Waals surface area contributed by atoms with Crippen LogP contribution in [0.15, 0.2) is 47.8 Å². The van der Waals surface area contributed by atoms with Crippen molar-refractivity contribution in [1.82, 2.24) is 9.88 Å². The SMILES string of the molecule is COc1ccc(OC)c(-c2csc(N(CCCN(C)C)C(=O)COc3ccc([N+](=O)[O-])cc3)n2)c1.Cl. The number of rotatable bonds is 12. The first-order valence-corrected chi connectivity index (χ1v) is 11.7. The monoisotopic (exact) mass is 536 g/mol. The highest BCUT2D eigenvalue weighted by Crippen LogP contribution is 2.36. The van der Waals surface area contributed by atoms with E-state index >= 15 is 0 Å². The number of nitro benzene ring substituents is 1. The van der Waals surface area contributed by atoms with Crippen molar-refractivity contribution in [3.05, 3.63) is 58.0 Å². The van der Waals surface area contributed by atoms with Crippen molar-refractivity contribution in [2.24, 2.45) is 0 Å². The van der Waals surface area contributed by atoms with E-state index in [1.165, 1.54) is 35.6 Å². The Morgan fingerprint density at radius 2 is 1.75 bits per heavy atom. The van der Waals surface area contributed by atoms with Gasteiger partial charge in [0, 0.05) is 29.6 Å². The predicted molar refractivity (Wildman–Crippen MR) is 142 cm³/mol. The summed E-state index contributed by atoms with van der Waals surface area (Å²) in [4.78, 5) is 31.9. The van der Waals surface area contributed by atoms with Crippen molar-refractivity contribution in [3.63, 3.8) is 0 Å². The lowest BCUT2D eigenvalue weighted by Crippen LogP contribution is -2.36. The summed E-state index contributed by atoms with van der Waals surface area (Å²) in [7, 11) is 7.13. The second kappa shape index (κ2) is 13.6. The number of hydrogen-bond donors (Lipinski definition) is 0. The molecule has 0 saturated heterocycles. The number of methoxy groups -OCH3 is 2. The van der Waals surface area contributed by atoms with E-state index in [0.717, 1.165) is 18.5 Å². The minimum Gasteiger partial charge on any atom is -0.497 e. The number of hydrogen-bond acceptors (Lipinski definition) is 9. The van der Waals surface area contributed by atoms with E-state index in [9.17, 15) is 14.9 Å². The smallest absolute Gasteiger partial charge is 0.269 e. The molecule has 1 amide bonds. The van der Waals surface area contributed by atoms with Gasteiger partial charge in [-0.25, -0.2) is 4.98 Å². The number of benzene rings is 2. The van der Waals surface area contributed by atoms with Crippen LogP contribution in [-0.2, 0) is 4.79 Å². The normalized spacial score (nSPS) is 10.5. The third-order valence-corrected chi connectivity index (χ3v) is 5.97. The number of nitrogens with zero attached hydrogens (tertiary/aromatic N) is 4. The number of non-ortho nitro benzene ring substituents is 1. The summed E-state index contributed by atoms with van der Waals surface area (Å²) in [6.07, 6.45) is 0.744. The number of carbonyl (C=O) groups is 1.